The molecule has 0 N–H and O–H groups in total. The monoisotopic (exact) mass is 408 g/mol. The van der Waals surface area contributed by atoms with Crippen LogP contribution in [0.3, 0.4) is 0 Å². The molecule has 2 aliphatic heterocycles. The first-order valence-electron chi connectivity index (χ1n) is 10.1. The molecule has 0 atom stereocenters. The molecule has 2 aliphatic rings. The predicted molar refractivity (Wildman–Crippen MR) is 117 cm³/mol. The number of rotatable bonds is 5. The van der Waals surface area contributed by atoms with Crippen LogP contribution in [0.4, 0.5) is 16.2 Å². The minimum absolute atomic E-state index is 0.123. The number of carbonyl (C=O) groups excluding carboxylic acids is 1. The number of carbonyl (C=O) groups is 1. The van der Waals surface area contributed by atoms with Gasteiger partial charge in [0.2, 0.25) is 0 Å². The van der Waals surface area contributed by atoms with E-state index in [9.17, 15) is 4.79 Å². The Labute approximate surface area is 174 Å². The van der Waals surface area contributed by atoms with Crippen molar-refractivity contribution in [3.63, 3.8) is 0 Å². The van der Waals surface area contributed by atoms with Crippen LogP contribution in [-0.4, -0.2) is 76.9 Å². The molecule has 5 rings (SSSR count). The third kappa shape index (κ3) is 3.65. The minimum atomic E-state index is 0.123. The molecular weight excluding hydrogens is 384 g/mol. The average Bonchev–Trinajstić information content (AvgIpc) is 3.40. The third-order valence-corrected chi connectivity index (χ3v) is 6.37. The van der Waals surface area contributed by atoms with Crippen LogP contribution >= 0.6 is 11.7 Å². The molecule has 2 fully saturated rings. The highest BCUT2D eigenvalue weighted by atomic mass is 32.1. The molecule has 0 saturated carbocycles. The Bertz CT molecular complexity index is 985. The molecule has 0 bridgehead atoms. The molecule has 0 aliphatic carbocycles. The highest BCUT2D eigenvalue weighted by Gasteiger charge is 2.29. The fraction of sp³-hybridized carbons (Fsp3) is 0.381. The molecule has 8 heteroatoms. The van der Waals surface area contributed by atoms with E-state index in [-0.39, 0.29) is 6.03 Å². The lowest BCUT2D eigenvalue weighted by Crippen LogP contribution is -2.49. The zero-order chi connectivity index (χ0) is 19.6. The van der Waals surface area contributed by atoms with Gasteiger partial charge in [0.15, 0.2) is 0 Å². The van der Waals surface area contributed by atoms with Gasteiger partial charge in [-0.3, -0.25) is 9.80 Å². The molecule has 0 unspecified atom stereocenters. The summed E-state index contributed by atoms with van der Waals surface area (Å²) in [5.74, 6) is 0. The van der Waals surface area contributed by atoms with E-state index in [0.717, 1.165) is 69.1 Å². The van der Waals surface area contributed by atoms with Gasteiger partial charge in [0, 0.05) is 58.0 Å². The molecule has 2 aromatic carbocycles. The van der Waals surface area contributed by atoms with Gasteiger partial charge in [-0.05, 0) is 24.3 Å². The van der Waals surface area contributed by atoms with Gasteiger partial charge in [0.1, 0.15) is 11.0 Å². The maximum absolute atomic E-state index is 12.7. The zero-order valence-corrected chi connectivity index (χ0v) is 17.1. The lowest BCUT2D eigenvalue weighted by atomic mass is 10.2. The number of hydrogen-bond donors (Lipinski definition) is 0. The van der Waals surface area contributed by atoms with Crippen molar-refractivity contribution in [2.24, 2.45) is 0 Å². The number of piperazine rings is 1. The molecule has 1 aromatic heterocycles. The van der Waals surface area contributed by atoms with Gasteiger partial charge in [-0.15, -0.1) is 0 Å². The summed E-state index contributed by atoms with van der Waals surface area (Å²) < 4.78 is 8.82. The fourth-order valence-electron chi connectivity index (χ4n) is 4.16. The summed E-state index contributed by atoms with van der Waals surface area (Å²) in [5.41, 5.74) is 4.16. The number of hydrogen-bond acceptors (Lipinski definition) is 6. The summed E-state index contributed by atoms with van der Waals surface area (Å²) in [6.07, 6.45) is 0. The van der Waals surface area contributed by atoms with E-state index >= 15 is 0 Å². The Balaban J connectivity index is 1.14. The van der Waals surface area contributed by atoms with E-state index < -0.39 is 0 Å². The second kappa shape index (κ2) is 7.96. The molecular formula is C21H24N6OS. The quantitative estimate of drug-likeness (QED) is 0.650. The molecule has 29 heavy (non-hydrogen) atoms. The van der Waals surface area contributed by atoms with Crippen LogP contribution in [0.25, 0.3) is 11.0 Å². The summed E-state index contributed by atoms with van der Waals surface area (Å²) in [6, 6.07) is 16.3. The first-order valence-corrected chi connectivity index (χ1v) is 10.8. The van der Waals surface area contributed by atoms with E-state index in [1.54, 1.807) is 0 Å². The van der Waals surface area contributed by atoms with Crippen LogP contribution in [-0.2, 0) is 0 Å². The maximum atomic E-state index is 12.7. The predicted octanol–water partition coefficient (Wildman–Crippen LogP) is 2.76. The van der Waals surface area contributed by atoms with E-state index in [1.165, 1.54) is 17.4 Å². The van der Waals surface area contributed by atoms with Crippen molar-refractivity contribution < 1.29 is 4.79 Å². The van der Waals surface area contributed by atoms with Crippen molar-refractivity contribution in [3.05, 3.63) is 48.5 Å². The lowest BCUT2D eigenvalue weighted by Gasteiger charge is -2.36. The minimum Gasteiger partial charge on any atom is -0.367 e. The van der Waals surface area contributed by atoms with Crippen LogP contribution in [0.15, 0.2) is 48.5 Å². The number of aromatic nitrogens is 2. The molecule has 2 saturated heterocycles. The Morgan fingerprint density at radius 2 is 1.66 bits per heavy atom. The summed E-state index contributed by atoms with van der Waals surface area (Å²) in [6.45, 7) is 7.21. The van der Waals surface area contributed by atoms with Crippen molar-refractivity contribution >= 4 is 40.2 Å². The van der Waals surface area contributed by atoms with Crippen LogP contribution in [0.5, 0.6) is 0 Å². The number of amides is 2. The maximum Gasteiger partial charge on any atom is 0.324 e. The SMILES string of the molecule is O=C1N(CCN2CCN(c3cccc4nsnc34)CC2)CCN1c1ccccc1. The molecule has 3 heterocycles. The Kier molecular flexibility index (Phi) is 5.03. The van der Waals surface area contributed by atoms with Gasteiger partial charge in [-0.25, -0.2) is 4.79 Å². The van der Waals surface area contributed by atoms with Crippen LogP contribution < -0.4 is 9.80 Å². The molecule has 3 aromatic rings. The van der Waals surface area contributed by atoms with Crippen molar-refractivity contribution in [1.82, 2.24) is 18.5 Å². The standard InChI is InChI=1S/C21H24N6OS/c28-21-26(15-16-27(21)17-5-2-1-3-6-17)14-11-24-9-12-25(13-10-24)19-8-4-7-18-20(19)23-29-22-18/h1-8H,9-16H2. The lowest BCUT2D eigenvalue weighted by molar-refractivity contribution is 0.199. The van der Waals surface area contributed by atoms with Crippen LogP contribution in [0.2, 0.25) is 0 Å². The summed E-state index contributed by atoms with van der Waals surface area (Å²) >= 11 is 1.27. The van der Waals surface area contributed by atoms with Crippen molar-refractivity contribution in [1.29, 1.82) is 0 Å². The van der Waals surface area contributed by atoms with Gasteiger partial charge in [-0.1, -0.05) is 24.3 Å². The van der Waals surface area contributed by atoms with Crippen molar-refractivity contribution in [3.8, 4) is 0 Å². The first kappa shape index (κ1) is 18.3. The highest BCUT2D eigenvalue weighted by molar-refractivity contribution is 7.00. The molecule has 0 radical (unpaired) electrons. The Hall–Kier alpha value is -2.71. The summed E-state index contributed by atoms with van der Waals surface area (Å²) in [7, 11) is 0. The van der Waals surface area contributed by atoms with Gasteiger partial charge in [0.05, 0.1) is 17.4 Å². The summed E-state index contributed by atoms with van der Waals surface area (Å²) in [4.78, 5) is 21.4. The second-order valence-electron chi connectivity index (χ2n) is 7.49. The first-order chi connectivity index (χ1) is 14.3. The number of para-hydroxylation sites is 1. The highest BCUT2D eigenvalue weighted by Crippen LogP contribution is 2.26. The zero-order valence-electron chi connectivity index (χ0n) is 16.3. The number of nitrogens with zero attached hydrogens (tertiary/aromatic N) is 6. The smallest absolute Gasteiger partial charge is 0.324 e. The molecule has 2 amide bonds. The molecule has 150 valence electrons. The number of fused-ring (bicyclic) bond motifs is 1. The second-order valence-corrected chi connectivity index (χ2v) is 8.02. The van der Waals surface area contributed by atoms with Gasteiger partial charge >= 0.3 is 6.03 Å². The topological polar surface area (TPSA) is 55.8 Å². The molecule has 0 spiro atoms. The number of anilines is 2. The van der Waals surface area contributed by atoms with Gasteiger partial charge < -0.3 is 9.80 Å². The normalized spacial score (nSPS) is 18.2. The third-order valence-electron chi connectivity index (χ3n) is 5.83. The van der Waals surface area contributed by atoms with E-state index in [2.05, 4.69) is 30.7 Å². The van der Waals surface area contributed by atoms with Crippen molar-refractivity contribution in [2.75, 3.05) is 62.2 Å². The van der Waals surface area contributed by atoms with Crippen molar-refractivity contribution in [2.45, 2.75) is 0 Å². The van der Waals surface area contributed by atoms with Crippen LogP contribution in [0.1, 0.15) is 0 Å². The van der Waals surface area contributed by atoms with E-state index in [4.69, 9.17) is 0 Å². The van der Waals surface area contributed by atoms with E-state index in [0.29, 0.717) is 0 Å². The largest absolute Gasteiger partial charge is 0.367 e. The number of urea groups is 1. The Morgan fingerprint density at radius 1 is 0.828 bits per heavy atom. The number of benzene rings is 2. The van der Waals surface area contributed by atoms with Gasteiger partial charge in [-0.2, -0.15) is 8.75 Å². The average molecular weight is 409 g/mol. The van der Waals surface area contributed by atoms with Crippen LogP contribution in [0, 0.1) is 0 Å². The van der Waals surface area contributed by atoms with E-state index in [1.807, 2.05) is 46.2 Å². The molecule has 7 nitrogen and oxygen atoms in total. The summed E-state index contributed by atoms with van der Waals surface area (Å²) in [5, 5.41) is 0. The fourth-order valence-corrected chi connectivity index (χ4v) is 4.70. The Morgan fingerprint density at radius 3 is 2.48 bits per heavy atom. The van der Waals surface area contributed by atoms with Gasteiger partial charge in [0.25, 0.3) is 0 Å².